The molecular weight excluding hydrogens is 120 g/mol. The van der Waals surface area contributed by atoms with E-state index in [0.717, 1.165) is 0 Å². The minimum atomic E-state index is -0.838. The Morgan fingerprint density at radius 1 is 1.44 bits per heavy atom. The summed E-state index contributed by atoms with van der Waals surface area (Å²) in [5.74, 6) is -1.39. The van der Waals surface area contributed by atoms with Gasteiger partial charge >= 0.3 is 5.97 Å². The molecule has 50 valence electrons. The minimum absolute atomic E-state index is 0.00222. The fourth-order valence-corrected chi connectivity index (χ4v) is 0.836. The monoisotopic (exact) mass is 128 g/mol. The summed E-state index contributed by atoms with van der Waals surface area (Å²) in [6.07, 6.45) is 0.546. The zero-order valence-electron chi connectivity index (χ0n) is 4.87. The van der Waals surface area contributed by atoms with Crippen molar-refractivity contribution in [2.45, 2.75) is 6.42 Å². The van der Waals surface area contributed by atoms with Crippen molar-refractivity contribution in [3.8, 4) is 0 Å². The molecule has 9 heavy (non-hydrogen) atoms. The summed E-state index contributed by atoms with van der Waals surface area (Å²) in [4.78, 5) is 10.1. The van der Waals surface area contributed by atoms with E-state index in [4.69, 9.17) is 10.2 Å². The van der Waals surface area contributed by atoms with Crippen LogP contribution < -0.4 is 0 Å². The zero-order chi connectivity index (χ0) is 7.02. The van der Waals surface area contributed by atoms with E-state index in [0.29, 0.717) is 6.42 Å². The first-order valence-corrected chi connectivity index (χ1v) is 2.73. The van der Waals surface area contributed by atoms with Crippen LogP contribution in [0.25, 0.3) is 0 Å². The van der Waals surface area contributed by atoms with Crippen molar-refractivity contribution in [1.82, 2.24) is 0 Å². The molecule has 0 bridgehead atoms. The molecule has 2 atom stereocenters. The Morgan fingerprint density at radius 3 is 2.11 bits per heavy atom. The lowest BCUT2D eigenvalue weighted by Crippen LogP contribution is -1.99. The highest BCUT2D eigenvalue weighted by Gasteiger charge is 2.45. The van der Waals surface area contributed by atoms with E-state index in [1.54, 1.807) is 0 Å². The van der Waals surface area contributed by atoms with Gasteiger partial charge in [0.05, 0.1) is 11.7 Å². The lowest BCUT2D eigenvalue weighted by atomic mass is 10.3. The van der Waals surface area contributed by atoms with Gasteiger partial charge in [-0.25, -0.2) is 0 Å². The third-order valence-corrected chi connectivity index (χ3v) is 1.54. The van der Waals surface area contributed by atoms with E-state index in [9.17, 15) is 4.79 Å². The molecule has 0 aromatic carbocycles. The third-order valence-electron chi connectivity index (χ3n) is 1.54. The Morgan fingerprint density at radius 2 is 2.00 bits per heavy atom. The second-order valence-corrected chi connectivity index (χ2v) is 2.28. The molecule has 0 radical (unpaired) electrons. The number of aliphatic hydroxyl groups excluding tert-OH is 1. The van der Waals surface area contributed by atoms with Crippen LogP contribution in [0, 0.1) is 11.8 Å². The number of rotatable bonds is 2. The largest absolute Gasteiger partial charge is 0.513 e. The maximum absolute atomic E-state index is 10.1. The van der Waals surface area contributed by atoms with Crippen molar-refractivity contribution in [3.05, 3.63) is 12.3 Å². The molecule has 1 rings (SSSR count). The van der Waals surface area contributed by atoms with E-state index >= 15 is 0 Å². The maximum atomic E-state index is 10.1. The van der Waals surface area contributed by atoms with Crippen LogP contribution in [0.4, 0.5) is 0 Å². The van der Waals surface area contributed by atoms with E-state index in [-0.39, 0.29) is 17.6 Å². The summed E-state index contributed by atoms with van der Waals surface area (Å²) in [7, 11) is 0. The van der Waals surface area contributed by atoms with Gasteiger partial charge in [0, 0.05) is 5.92 Å². The summed E-state index contributed by atoms with van der Waals surface area (Å²) >= 11 is 0. The normalized spacial score (nSPS) is 31.6. The molecule has 1 fully saturated rings. The zero-order valence-corrected chi connectivity index (χ0v) is 4.87. The molecule has 0 aromatic rings. The first kappa shape index (κ1) is 6.13. The number of carboxylic acids is 1. The van der Waals surface area contributed by atoms with Gasteiger partial charge in [0.15, 0.2) is 0 Å². The molecule has 1 saturated carbocycles. The van der Waals surface area contributed by atoms with Crippen LogP contribution in [-0.2, 0) is 4.79 Å². The van der Waals surface area contributed by atoms with Crippen LogP contribution >= 0.6 is 0 Å². The van der Waals surface area contributed by atoms with Crippen molar-refractivity contribution in [2.24, 2.45) is 11.8 Å². The van der Waals surface area contributed by atoms with Crippen LogP contribution in [0.3, 0.4) is 0 Å². The van der Waals surface area contributed by atoms with Crippen LogP contribution in [0.15, 0.2) is 12.3 Å². The van der Waals surface area contributed by atoms with Crippen LogP contribution in [-0.4, -0.2) is 16.2 Å². The smallest absolute Gasteiger partial charge is 0.307 e. The Kier molecular flexibility index (Phi) is 1.20. The first-order chi connectivity index (χ1) is 4.13. The average Bonchev–Trinajstić information content (AvgIpc) is 2.39. The fraction of sp³-hybridized carbons (Fsp3) is 0.500. The van der Waals surface area contributed by atoms with E-state index < -0.39 is 5.97 Å². The lowest BCUT2D eigenvalue weighted by Gasteiger charge is -1.89. The minimum Gasteiger partial charge on any atom is -0.513 e. The summed E-state index contributed by atoms with van der Waals surface area (Å²) in [6, 6.07) is 0. The number of hydrogen-bond acceptors (Lipinski definition) is 2. The van der Waals surface area contributed by atoms with Gasteiger partial charge in [-0.15, -0.1) is 0 Å². The number of allylic oxidation sites excluding steroid dienone is 1. The quantitative estimate of drug-likeness (QED) is 0.540. The van der Waals surface area contributed by atoms with Crippen LogP contribution in [0.2, 0.25) is 0 Å². The summed E-state index contributed by atoms with van der Waals surface area (Å²) in [6.45, 7) is 3.24. The molecule has 0 amide bonds. The number of carbonyl (C=O) groups is 1. The van der Waals surface area contributed by atoms with Gasteiger partial charge in [-0.05, 0) is 6.42 Å². The fourth-order valence-electron chi connectivity index (χ4n) is 0.836. The highest BCUT2D eigenvalue weighted by molar-refractivity contribution is 5.74. The predicted molar refractivity (Wildman–Crippen MR) is 31.0 cm³/mol. The summed E-state index contributed by atoms with van der Waals surface area (Å²) in [5.41, 5.74) is 0. The lowest BCUT2D eigenvalue weighted by molar-refractivity contribution is -0.138. The standard InChI is InChI=1S/C6H8O3/c1-3(7)4-2-5(4)6(8)9/h4-5,7H,1-2H2,(H,8,9). The highest BCUT2D eigenvalue weighted by atomic mass is 16.4. The maximum Gasteiger partial charge on any atom is 0.307 e. The number of carboxylic acid groups (broad SMARTS) is 1. The molecule has 0 aromatic heterocycles. The third kappa shape index (κ3) is 1.04. The molecule has 1 aliphatic carbocycles. The van der Waals surface area contributed by atoms with Crippen molar-refractivity contribution in [3.63, 3.8) is 0 Å². The Hall–Kier alpha value is -0.990. The van der Waals surface area contributed by atoms with Gasteiger partial charge < -0.3 is 10.2 Å². The van der Waals surface area contributed by atoms with Crippen molar-refractivity contribution < 1.29 is 15.0 Å². The molecule has 3 heteroatoms. The van der Waals surface area contributed by atoms with Gasteiger partial charge in [0.1, 0.15) is 0 Å². The van der Waals surface area contributed by atoms with E-state index in [2.05, 4.69) is 6.58 Å². The molecule has 0 aliphatic heterocycles. The van der Waals surface area contributed by atoms with Gasteiger partial charge in [-0.3, -0.25) is 4.79 Å². The molecular formula is C6H8O3. The molecule has 3 nitrogen and oxygen atoms in total. The SMILES string of the molecule is C=C(O)C1CC1C(=O)O. The van der Waals surface area contributed by atoms with Crippen molar-refractivity contribution >= 4 is 5.97 Å². The van der Waals surface area contributed by atoms with Gasteiger partial charge in [-0.2, -0.15) is 0 Å². The second kappa shape index (κ2) is 1.76. The van der Waals surface area contributed by atoms with E-state index in [1.807, 2.05) is 0 Å². The predicted octanol–water partition coefficient (Wildman–Crippen LogP) is 0.779. The van der Waals surface area contributed by atoms with Gasteiger partial charge in [-0.1, -0.05) is 6.58 Å². The molecule has 0 saturated heterocycles. The number of hydrogen-bond donors (Lipinski definition) is 2. The van der Waals surface area contributed by atoms with Crippen molar-refractivity contribution in [1.29, 1.82) is 0 Å². The Bertz CT molecular complexity index is 144. The highest BCUT2D eigenvalue weighted by Crippen LogP contribution is 2.42. The molecule has 0 spiro atoms. The average molecular weight is 128 g/mol. The molecule has 2 N–H and O–H groups in total. The molecule has 2 unspecified atom stereocenters. The van der Waals surface area contributed by atoms with Gasteiger partial charge in [0.25, 0.3) is 0 Å². The number of aliphatic carboxylic acids is 1. The van der Waals surface area contributed by atoms with Crippen LogP contribution in [0.1, 0.15) is 6.42 Å². The van der Waals surface area contributed by atoms with E-state index in [1.165, 1.54) is 0 Å². The molecule has 0 heterocycles. The topological polar surface area (TPSA) is 57.5 Å². The Balaban J connectivity index is 2.42. The van der Waals surface area contributed by atoms with Crippen LogP contribution in [0.5, 0.6) is 0 Å². The summed E-state index contributed by atoms with van der Waals surface area (Å²) in [5, 5.41) is 17.0. The van der Waals surface area contributed by atoms with Gasteiger partial charge in [0.2, 0.25) is 0 Å². The second-order valence-electron chi connectivity index (χ2n) is 2.28. The number of aliphatic hydroxyl groups is 1. The van der Waals surface area contributed by atoms with Crippen molar-refractivity contribution in [2.75, 3.05) is 0 Å². The molecule has 1 aliphatic rings. The Labute approximate surface area is 52.6 Å². The first-order valence-electron chi connectivity index (χ1n) is 2.73. The summed E-state index contributed by atoms with van der Waals surface area (Å²) < 4.78 is 0.